The Labute approximate surface area is 130 Å². The number of likely N-dealkylation sites (tertiary alicyclic amines) is 1. The van der Waals surface area contributed by atoms with E-state index in [9.17, 15) is 5.11 Å². The Balaban J connectivity index is 1.82. The molecule has 0 spiro atoms. The third-order valence-electron chi connectivity index (χ3n) is 5.49. The van der Waals surface area contributed by atoms with Gasteiger partial charge in [0.1, 0.15) is 0 Å². The summed E-state index contributed by atoms with van der Waals surface area (Å²) in [6, 6.07) is 1.07. The van der Waals surface area contributed by atoms with Gasteiger partial charge in [-0.1, -0.05) is 13.8 Å². The van der Waals surface area contributed by atoms with Crippen LogP contribution in [-0.4, -0.2) is 72.9 Å². The largest absolute Gasteiger partial charge is 0.394 e. The second kappa shape index (κ2) is 7.40. The van der Waals surface area contributed by atoms with Gasteiger partial charge in [-0.15, -0.1) is 0 Å². The first-order chi connectivity index (χ1) is 9.94. The molecule has 2 unspecified atom stereocenters. The monoisotopic (exact) mass is 297 g/mol. The number of hydrogen-bond donors (Lipinski definition) is 2. The van der Waals surface area contributed by atoms with Crippen LogP contribution in [0.3, 0.4) is 0 Å². The summed E-state index contributed by atoms with van der Waals surface area (Å²) in [5.74, 6) is 0.855. The van der Waals surface area contributed by atoms with E-state index in [-0.39, 0.29) is 12.1 Å². The summed E-state index contributed by atoms with van der Waals surface area (Å²) in [5, 5.41) is 13.4. The molecule has 1 saturated carbocycles. The number of aliphatic hydroxyl groups is 1. The van der Waals surface area contributed by atoms with Crippen molar-refractivity contribution in [3.05, 3.63) is 0 Å². The lowest BCUT2D eigenvalue weighted by molar-refractivity contribution is 0.126. The molecule has 2 N–H and O–H groups in total. The van der Waals surface area contributed by atoms with Gasteiger partial charge in [0.15, 0.2) is 0 Å². The predicted octanol–water partition coefficient (Wildman–Crippen LogP) is 1.54. The average molecular weight is 297 g/mol. The van der Waals surface area contributed by atoms with Crippen molar-refractivity contribution in [3.8, 4) is 0 Å². The smallest absolute Gasteiger partial charge is 0.0614 e. The fourth-order valence-electron chi connectivity index (χ4n) is 4.21. The van der Waals surface area contributed by atoms with Crippen LogP contribution in [0.1, 0.15) is 46.0 Å². The van der Waals surface area contributed by atoms with Crippen molar-refractivity contribution in [1.29, 1.82) is 0 Å². The Morgan fingerprint density at radius 1 is 1.29 bits per heavy atom. The zero-order valence-corrected chi connectivity index (χ0v) is 14.4. The molecule has 1 heterocycles. The summed E-state index contributed by atoms with van der Waals surface area (Å²) in [5.41, 5.74) is -0.0418. The number of nitrogens with one attached hydrogen (secondary N) is 1. The summed E-state index contributed by atoms with van der Waals surface area (Å²) in [6.07, 6.45) is 6.07. The first kappa shape index (κ1) is 17.2. The highest BCUT2D eigenvalue weighted by atomic mass is 16.3. The summed E-state index contributed by atoms with van der Waals surface area (Å²) in [6.45, 7) is 8.34. The van der Waals surface area contributed by atoms with Crippen LogP contribution in [0.5, 0.6) is 0 Å². The van der Waals surface area contributed by atoms with Gasteiger partial charge in [-0.2, -0.15) is 0 Å². The molecule has 2 fully saturated rings. The molecule has 0 aromatic carbocycles. The molecule has 2 rings (SSSR count). The fraction of sp³-hybridized carbons (Fsp3) is 1.00. The molecule has 0 bridgehead atoms. The number of piperidine rings is 1. The molecule has 0 aromatic heterocycles. The molecule has 0 aromatic rings. The fourth-order valence-corrected chi connectivity index (χ4v) is 4.21. The van der Waals surface area contributed by atoms with Crippen molar-refractivity contribution in [2.75, 3.05) is 40.3 Å². The first-order valence-corrected chi connectivity index (χ1v) is 8.71. The zero-order valence-electron chi connectivity index (χ0n) is 14.4. The van der Waals surface area contributed by atoms with Gasteiger partial charge in [0.25, 0.3) is 0 Å². The minimum absolute atomic E-state index is 0.0418. The lowest BCUT2D eigenvalue weighted by atomic mass is 9.95. The van der Waals surface area contributed by atoms with Crippen molar-refractivity contribution < 1.29 is 5.11 Å². The average Bonchev–Trinajstić information content (AvgIpc) is 2.85. The predicted molar refractivity (Wildman–Crippen MR) is 88.6 cm³/mol. The van der Waals surface area contributed by atoms with Crippen molar-refractivity contribution in [2.24, 2.45) is 5.92 Å². The molecule has 1 aliphatic carbocycles. The summed E-state index contributed by atoms with van der Waals surface area (Å²) in [7, 11) is 4.51. The van der Waals surface area contributed by atoms with Crippen molar-refractivity contribution in [2.45, 2.75) is 63.6 Å². The van der Waals surface area contributed by atoms with Gasteiger partial charge in [-0.05, 0) is 65.2 Å². The molecule has 124 valence electrons. The van der Waals surface area contributed by atoms with Crippen LogP contribution in [0, 0.1) is 5.92 Å². The second-order valence-corrected chi connectivity index (χ2v) is 7.82. The topological polar surface area (TPSA) is 38.7 Å². The summed E-state index contributed by atoms with van der Waals surface area (Å²) >= 11 is 0. The van der Waals surface area contributed by atoms with Gasteiger partial charge < -0.3 is 20.2 Å². The van der Waals surface area contributed by atoms with Crippen LogP contribution in [0.15, 0.2) is 0 Å². The number of aliphatic hydroxyl groups excluding tert-OH is 1. The Hall–Kier alpha value is -0.160. The van der Waals surface area contributed by atoms with E-state index in [1.54, 1.807) is 0 Å². The third kappa shape index (κ3) is 4.65. The molecule has 2 atom stereocenters. The van der Waals surface area contributed by atoms with E-state index in [1.165, 1.54) is 38.9 Å². The molecule has 4 nitrogen and oxygen atoms in total. The Morgan fingerprint density at radius 2 is 1.95 bits per heavy atom. The lowest BCUT2D eigenvalue weighted by Gasteiger charge is -2.35. The molecule has 0 radical (unpaired) electrons. The molecular weight excluding hydrogens is 262 g/mol. The van der Waals surface area contributed by atoms with Crippen LogP contribution in [0.2, 0.25) is 0 Å². The van der Waals surface area contributed by atoms with Gasteiger partial charge in [-0.3, -0.25) is 0 Å². The standard InChI is InChI=1S/C17H35N3O/c1-14(2)18-17(13-21)8-5-16(11-17)20(4)12-15-6-9-19(3)10-7-15/h14-16,18,21H,5-13H2,1-4H3. The van der Waals surface area contributed by atoms with E-state index in [0.29, 0.717) is 12.1 Å². The van der Waals surface area contributed by atoms with Crippen molar-refractivity contribution in [3.63, 3.8) is 0 Å². The van der Waals surface area contributed by atoms with Gasteiger partial charge in [0.05, 0.1) is 6.61 Å². The zero-order chi connectivity index (χ0) is 15.5. The highest BCUT2D eigenvalue weighted by molar-refractivity contribution is 5.00. The quantitative estimate of drug-likeness (QED) is 0.780. The molecular formula is C17H35N3O. The van der Waals surface area contributed by atoms with Crippen LogP contribution in [-0.2, 0) is 0 Å². The molecule has 1 aliphatic heterocycles. The van der Waals surface area contributed by atoms with Gasteiger partial charge >= 0.3 is 0 Å². The van der Waals surface area contributed by atoms with E-state index >= 15 is 0 Å². The maximum Gasteiger partial charge on any atom is 0.0614 e. The Kier molecular flexibility index (Phi) is 6.06. The maximum atomic E-state index is 9.83. The first-order valence-electron chi connectivity index (χ1n) is 8.71. The molecule has 2 aliphatic rings. The lowest BCUT2D eigenvalue weighted by Crippen LogP contribution is -2.51. The molecule has 0 amide bonds. The van der Waals surface area contributed by atoms with E-state index in [1.807, 2.05) is 0 Å². The van der Waals surface area contributed by atoms with Gasteiger partial charge in [0.2, 0.25) is 0 Å². The number of rotatable bonds is 6. The molecule has 21 heavy (non-hydrogen) atoms. The van der Waals surface area contributed by atoms with E-state index in [0.717, 1.165) is 18.8 Å². The highest BCUT2D eigenvalue weighted by Crippen LogP contribution is 2.33. The number of nitrogens with zero attached hydrogens (tertiary/aromatic N) is 2. The molecule has 1 saturated heterocycles. The van der Waals surface area contributed by atoms with Crippen LogP contribution < -0.4 is 5.32 Å². The SMILES string of the molecule is CC(C)NC1(CO)CCC(N(C)CC2CCN(C)CC2)C1. The Bertz CT molecular complexity index is 315. The van der Waals surface area contributed by atoms with Crippen molar-refractivity contribution >= 4 is 0 Å². The van der Waals surface area contributed by atoms with Crippen LogP contribution in [0.25, 0.3) is 0 Å². The van der Waals surface area contributed by atoms with Gasteiger partial charge in [-0.25, -0.2) is 0 Å². The van der Waals surface area contributed by atoms with E-state index in [4.69, 9.17) is 0 Å². The number of hydrogen-bond acceptors (Lipinski definition) is 4. The maximum absolute atomic E-state index is 9.83. The highest BCUT2D eigenvalue weighted by Gasteiger charge is 2.40. The summed E-state index contributed by atoms with van der Waals surface area (Å²) in [4.78, 5) is 5.00. The van der Waals surface area contributed by atoms with Crippen molar-refractivity contribution in [1.82, 2.24) is 15.1 Å². The minimum atomic E-state index is -0.0418. The third-order valence-corrected chi connectivity index (χ3v) is 5.49. The Morgan fingerprint density at radius 3 is 2.52 bits per heavy atom. The van der Waals surface area contributed by atoms with Crippen LogP contribution >= 0.6 is 0 Å². The van der Waals surface area contributed by atoms with E-state index < -0.39 is 0 Å². The van der Waals surface area contributed by atoms with E-state index in [2.05, 4.69) is 43.1 Å². The normalized spacial score (nSPS) is 32.4. The van der Waals surface area contributed by atoms with Gasteiger partial charge in [0, 0.05) is 24.2 Å². The molecule has 4 heteroatoms. The second-order valence-electron chi connectivity index (χ2n) is 7.82. The van der Waals surface area contributed by atoms with Crippen LogP contribution in [0.4, 0.5) is 0 Å². The minimum Gasteiger partial charge on any atom is -0.394 e. The summed E-state index contributed by atoms with van der Waals surface area (Å²) < 4.78 is 0.